The van der Waals surface area contributed by atoms with Crippen molar-refractivity contribution in [2.24, 2.45) is 4.99 Å². The highest BCUT2D eigenvalue weighted by Gasteiger charge is 2.23. The van der Waals surface area contributed by atoms with Gasteiger partial charge in [-0.05, 0) is 36.3 Å². The van der Waals surface area contributed by atoms with Gasteiger partial charge in [0.05, 0.1) is 14.2 Å². The Morgan fingerprint density at radius 1 is 1.24 bits per heavy atom. The second kappa shape index (κ2) is 9.22. The topological polar surface area (TPSA) is 54.9 Å². The zero-order chi connectivity index (χ0) is 18.3. The molecule has 140 valence electrons. The quantitative estimate of drug-likeness (QED) is 0.575. The van der Waals surface area contributed by atoms with Gasteiger partial charge in [0.1, 0.15) is 0 Å². The summed E-state index contributed by atoms with van der Waals surface area (Å²) >= 11 is 2.05. The number of methoxy groups -OCH3 is 2. The summed E-state index contributed by atoms with van der Waals surface area (Å²) in [5.41, 5.74) is 1.12. The Hall–Kier alpha value is -1.56. The molecule has 25 heavy (non-hydrogen) atoms. The largest absolute Gasteiger partial charge is 0.493 e. The Morgan fingerprint density at radius 3 is 2.60 bits per heavy atom. The number of ether oxygens (including phenoxy) is 2. The first-order chi connectivity index (χ1) is 12.0. The van der Waals surface area contributed by atoms with Gasteiger partial charge in [0, 0.05) is 30.8 Å². The molecular formula is C19H31N3O2S. The minimum Gasteiger partial charge on any atom is -0.493 e. The van der Waals surface area contributed by atoms with Crippen LogP contribution in [0.5, 0.6) is 11.5 Å². The Balaban J connectivity index is 1.94. The maximum Gasteiger partial charge on any atom is 0.191 e. The average molecular weight is 366 g/mol. The number of hydrogen-bond donors (Lipinski definition) is 2. The predicted molar refractivity (Wildman–Crippen MR) is 107 cm³/mol. The van der Waals surface area contributed by atoms with Crippen LogP contribution < -0.4 is 20.1 Å². The second-order valence-corrected chi connectivity index (χ2v) is 8.30. The van der Waals surface area contributed by atoms with Gasteiger partial charge < -0.3 is 20.1 Å². The van der Waals surface area contributed by atoms with Gasteiger partial charge in [0.15, 0.2) is 17.5 Å². The number of nitrogens with one attached hydrogen (secondary N) is 2. The van der Waals surface area contributed by atoms with Crippen molar-refractivity contribution in [1.82, 2.24) is 10.6 Å². The van der Waals surface area contributed by atoms with Crippen LogP contribution in [0.3, 0.4) is 0 Å². The summed E-state index contributed by atoms with van der Waals surface area (Å²) in [6.45, 7) is 6.17. The van der Waals surface area contributed by atoms with Crippen LogP contribution in [0, 0.1) is 0 Å². The fraction of sp³-hybridized carbons (Fsp3) is 0.632. The van der Waals surface area contributed by atoms with E-state index in [2.05, 4.69) is 47.3 Å². The molecule has 2 N–H and O–H groups in total. The van der Waals surface area contributed by atoms with E-state index in [1.165, 1.54) is 24.2 Å². The highest BCUT2D eigenvalue weighted by Crippen LogP contribution is 2.32. The molecule has 1 heterocycles. The molecule has 1 atom stereocenters. The summed E-state index contributed by atoms with van der Waals surface area (Å²) in [6.07, 6.45) is 2.63. The van der Waals surface area contributed by atoms with Crippen LogP contribution in [0.4, 0.5) is 0 Å². The Labute approximate surface area is 156 Å². The second-order valence-electron chi connectivity index (χ2n) is 6.90. The SMILES string of the molecule is CN=C(NCC1CCCS1)NCC(C)(C)c1ccc(OC)c(OC)c1. The summed E-state index contributed by atoms with van der Waals surface area (Å²) in [5.74, 6) is 3.65. The van der Waals surface area contributed by atoms with E-state index in [-0.39, 0.29) is 5.41 Å². The first kappa shape index (κ1) is 19.8. The van der Waals surface area contributed by atoms with Crippen molar-refractivity contribution < 1.29 is 9.47 Å². The van der Waals surface area contributed by atoms with Crippen LogP contribution in [-0.4, -0.2) is 51.3 Å². The van der Waals surface area contributed by atoms with Gasteiger partial charge in [0.25, 0.3) is 0 Å². The number of benzene rings is 1. The van der Waals surface area contributed by atoms with E-state index >= 15 is 0 Å². The standard InChI is InChI=1S/C19H31N3O2S/c1-19(2,14-8-9-16(23-4)17(11-14)24-5)13-22-18(20-3)21-12-15-7-6-10-25-15/h8-9,11,15H,6-7,10,12-13H2,1-5H3,(H2,20,21,22). The van der Waals surface area contributed by atoms with Crippen molar-refractivity contribution in [1.29, 1.82) is 0 Å². The summed E-state index contributed by atoms with van der Waals surface area (Å²) in [7, 11) is 5.14. The Kier molecular flexibility index (Phi) is 7.29. The van der Waals surface area contributed by atoms with E-state index in [9.17, 15) is 0 Å². The molecule has 1 aromatic rings. The van der Waals surface area contributed by atoms with E-state index in [0.717, 1.165) is 30.5 Å². The molecule has 0 radical (unpaired) electrons. The summed E-state index contributed by atoms with van der Waals surface area (Å²) < 4.78 is 10.8. The molecule has 1 aliphatic rings. The van der Waals surface area contributed by atoms with Crippen LogP contribution in [0.25, 0.3) is 0 Å². The lowest BCUT2D eigenvalue weighted by molar-refractivity contribution is 0.353. The van der Waals surface area contributed by atoms with Crippen LogP contribution >= 0.6 is 11.8 Å². The van der Waals surface area contributed by atoms with Crippen molar-refractivity contribution in [3.63, 3.8) is 0 Å². The third kappa shape index (κ3) is 5.46. The summed E-state index contributed by atoms with van der Waals surface area (Å²) in [4.78, 5) is 4.35. The third-order valence-electron chi connectivity index (χ3n) is 4.61. The van der Waals surface area contributed by atoms with Gasteiger partial charge in [-0.3, -0.25) is 4.99 Å². The number of hydrogen-bond acceptors (Lipinski definition) is 4. The number of rotatable bonds is 7. The van der Waals surface area contributed by atoms with Crippen molar-refractivity contribution in [2.45, 2.75) is 37.4 Å². The molecule has 0 aliphatic carbocycles. The average Bonchev–Trinajstić information content (AvgIpc) is 3.14. The van der Waals surface area contributed by atoms with Crippen LogP contribution in [-0.2, 0) is 5.41 Å². The molecule has 6 heteroatoms. The number of aliphatic imine (C=N–C) groups is 1. The first-order valence-electron chi connectivity index (χ1n) is 8.79. The number of nitrogens with zero attached hydrogens (tertiary/aromatic N) is 1. The molecule has 0 bridgehead atoms. The zero-order valence-electron chi connectivity index (χ0n) is 16.0. The third-order valence-corrected chi connectivity index (χ3v) is 6.01. The van der Waals surface area contributed by atoms with E-state index in [0.29, 0.717) is 5.25 Å². The lowest BCUT2D eigenvalue weighted by atomic mass is 9.84. The van der Waals surface area contributed by atoms with Crippen LogP contribution in [0.15, 0.2) is 23.2 Å². The summed E-state index contributed by atoms with van der Waals surface area (Å²) in [5, 5.41) is 7.61. The fourth-order valence-corrected chi connectivity index (χ4v) is 4.10. The van der Waals surface area contributed by atoms with E-state index in [1.807, 2.05) is 19.2 Å². The Bertz CT molecular complexity index is 584. The molecule has 0 saturated carbocycles. The molecule has 5 nitrogen and oxygen atoms in total. The summed E-state index contributed by atoms with van der Waals surface area (Å²) in [6, 6.07) is 6.10. The van der Waals surface area contributed by atoms with Crippen molar-refractivity contribution in [3.8, 4) is 11.5 Å². The first-order valence-corrected chi connectivity index (χ1v) is 9.83. The van der Waals surface area contributed by atoms with E-state index in [4.69, 9.17) is 9.47 Å². The minimum atomic E-state index is -0.0702. The zero-order valence-corrected chi connectivity index (χ0v) is 16.8. The van der Waals surface area contributed by atoms with Gasteiger partial charge in [-0.1, -0.05) is 19.9 Å². The van der Waals surface area contributed by atoms with Gasteiger partial charge in [-0.15, -0.1) is 0 Å². The maximum absolute atomic E-state index is 5.43. The van der Waals surface area contributed by atoms with Gasteiger partial charge in [-0.25, -0.2) is 0 Å². The molecule has 2 rings (SSSR count). The highest BCUT2D eigenvalue weighted by atomic mass is 32.2. The molecular weight excluding hydrogens is 334 g/mol. The molecule has 1 saturated heterocycles. The van der Waals surface area contributed by atoms with Gasteiger partial charge >= 0.3 is 0 Å². The molecule has 1 fully saturated rings. The molecule has 0 spiro atoms. The normalized spacial score (nSPS) is 18.1. The molecule has 1 unspecified atom stereocenters. The van der Waals surface area contributed by atoms with Crippen molar-refractivity contribution >= 4 is 17.7 Å². The van der Waals surface area contributed by atoms with Crippen molar-refractivity contribution in [3.05, 3.63) is 23.8 Å². The smallest absolute Gasteiger partial charge is 0.191 e. The van der Waals surface area contributed by atoms with Crippen LogP contribution in [0.1, 0.15) is 32.3 Å². The number of guanidine groups is 1. The Morgan fingerprint density at radius 2 is 2.00 bits per heavy atom. The van der Waals surface area contributed by atoms with Crippen LogP contribution in [0.2, 0.25) is 0 Å². The lowest BCUT2D eigenvalue weighted by Crippen LogP contribution is -2.45. The molecule has 0 amide bonds. The molecule has 1 aliphatic heterocycles. The molecule has 0 aromatic heterocycles. The van der Waals surface area contributed by atoms with E-state index in [1.54, 1.807) is 14.2 Å². The lowest BCUT2D eigenvalue weighted by Gasteiger charge is -2.27. The fourth-order valence-electron chi connectivity index (χ4n) is 2.90. The van der Waals surface area contributed by atoms with Gasteiger partial charge in [-0.2, -0.15) is 11.8 Å². The van der Waals surface area contributed by atoms with Gasteiger partial charge in [0.2, 0.25) is 0 Å². The number of thioether (sulfide) groups is 1. The molecule has 1 aromatic carbocycles. The van der Waals surface area contributed by atoms with E-state index < -0.39 is 0 Å². The minimum absolute atomic E-state index is 0.0702. The predicted octanol–water partition coefficient (Wildman–Crippen LogP) is 3.04. The monoisotopic (exact) mass is 365 g/mol. The van der Waals surface area contributed by atoms with Crippen molar-refractivity contribution in [2.75, 3.05) is 40.1 Å². The maximum atomic E-state index is 5.43. The highest BCUT2D eigenvalue weighted by molar-refractivity contribution is 8.00.